The van der Waals surface area contributed by atoms with Crippen LogP contribution in [0.3, 0.4) is 0 Å². The zero-order valence-electron chi connectivity index (χ0n) is 19.2. The molecule has 1 fully saturated rings. The van der Waals surface area contributed by atoms with Gasteiger partial charge in [0.1, 0.15) is 0 Å². The van der Waals surface area contributed by atoms with Gasteiger partial charge in [0.05, 0.1) is 22.7 Å². The molecule has 11 heteroatoms. The van der Waals surface area contributed by atoms with Gasteiger partial charge >= 0.3 is 6.18 Å². The van der Waals surface area contributed by atoms with Gasteiger partial charge in [-0.3, -0.25) is 14.3 Å². The van der Waals surface area contributed by atoms with E-state index in [1.807, 2.05) is 19.2 Å². The van der Waals surface area contributed by atoms with Gasteiger partial charge in [0.25, 0.3) is 11.8 Å². The van der Waals surface area contributed by atoms with Crippen molar-refractivity contribution in [3.05, 3.63) is 63.8 Å². The predicted octanol–water partition coefficient (Wildman–Crippen LogP) is 4.17. The number of nitrogens with zero attached hydrogens (tertiary/aromatic N) is 3. The summed E-state index contributed by atoms with van der Waals surface area (Å²) in [6, 6.07) is 6.85. The average Bonchev–Trinajstić information content (AvgIpc) is 3.15. The van der Waals surface area contributed by atoms with Crippen molar-refractivity contribution in [1.82, 2.24) is 20.0 Å². The molecular weight excluding hydrogens is 485 g/mol. The van der Waals surface area contributed by atoms with Gasteiger partial charge in [-0.1, -0.05) is 11.6 Å². The fourth-order valence-corrected chi connectivity index (χ4v) is 4.33. The second-order valence-corrected chi connectivity index (χ2v) is 9.00. The molecule has 1 N–H and O–H groups in total. The lowest BCUT2D eigenvalue weighted by Crippen LogP contribution is -2.51. The third-order valence-corrected chi connectivity index (χ3v) is 6.27. The molecule has 0 radical (unpaired) electrons. The summed E-state index contributed by atoms with van der Waals surface area (Å²) in [6.45, 7) is 4.04. The van der Waals surface area contributed by atoms with Gasteiger partial charge in [0.2, 0.25) is 0 Å². The molecule has 1 aliphatic heterocycles. The van der Waals surface area contributed by atoms with E-state index < -0.39 is 22.7 Å². The Balaban J connectivity index is 1.39. The second kappa shape index (κ2) is 9.87. The maximum Gasteiger partial charge on any atom is 0.417 e. The van der Waals surface area contributed by atoms with Gasteiger partial charge in [0, 0.05) is 61.9 Å². The summed E-state index contributed by atoms with van der Waals surface area (Å²) in [6.07, 6.45) is -2.78. The number of hydrogen-bond donors (Lipinski definition) is 1. The molecule has 2 heterocycles. The smallest absolute Gasteiger partial charge is 0.383 e. The lowest BCUT2D eigenvalue weighted by atomic mass is 9.98. The van der Waals surface area contributed by atoms with Crippen molar-refractivity contribution in [3.63, 3.8) is 0 Å². The minimum atomic E-state index is -4.63. The van der Waals surface area contributed by atoms with Crippen LogP contribution in [-0.4, -0.2) is 59.8 Å². The van der Waals surface area contributed by atoms with Crippen LogP contribution >= 0.6 is 11.6 Å². The number of alkyl halides is 3. The first-order chi connectivity index (χ1) is 16.6. The molecular formula is C24H24ClF3N4O3. The molecule has 0 aliphatic carbocycles. The number of nitrogens with one attached hydrogen (secondary N) is 1. The first-order valence-electron chi connectivity index (χ1n) is 11.0. The molecule has 0 unspecified atom stereocenters. The monoisotopic (exact) mass is 508 g/mol. The number of benzene rings is 2. The summed E-state index contributed by atoms with van der Waals surface area (Å²) >= 11 is 5.64. The number of likely N-dealkylation sites (tertiary alicyclic amines) is 1. The Kier molecular flexibility index (Phi) is 7.05. The molecule has 0 atom stereocenters. The van der Waals surface area contributed by atoms with Crippen molar-refractivity contribution >= 4 is 34.3 Å². The zero-order valence-corrected chi connectivity index (χ0v) is 19.9. The number of methoxy groups -OCH3 is 1. The van der Waals surface area contributed by atoms with Crippen LogP contribution in [0.15, 0.2) is 36.5 Å². The Morgan fingerprint density at radius 2 is 1.97 bits per heavy atom. The van der Waals surface area contributed by atoms with Crippen LogP contribution in [0.25, 0.3) is 10.9 Å². The van der Waals surface area contributed by atoms with Crippen molar-refractivity contribution in [2.45, 2.75) is 19.6 Å². The molecule has 7 nitrogen and oxygen atoms in total. The van der Waals surface area contributed by atoms with E-state index in [9.17, 15) is 22.8 Å². The summed E-state index contributed by atoms with van der Waals surface area (Å²) in [5.74, 6) is -0.535. The Morgan fingerprint density at radius 1 is 1.23 bits per heavy atom. The first kappa shape index (κ1) is 25.0. The first-order valence-corrected chi connectivity index (χ1v) is 11.4. The zero-order chi connectivity index (χ0) is 25.3. The fourth-order valence-electron chi connectivity index (χ4n) is 4.10. The van der Waals surface area contributed by atoms with Gasteiger partial charge in [-0.2, -0.15) is 18.3 Å². The minimum Gasteiger partial charge on any atom is -0.383 e. The highest BCUT2D eigenvalue weighted by Crippen LogP contribution is 2.35. The third-order valence-electron chi connectivity index (χ3n) is 5.94. The quantitative estimate of drug-likeness (QED) is 0.486. The Labute approximate surface area is 204 Å². The minimum absolute atomic E-state index is 0.0446. The van der Waals surface area contributed by atoms with Crippen LogP contribution in [0.2, 0.25) is 5.02 Å². The van der Waals surface area contributed by atoms with Crippen LogP contribution in [0, 0.1) is 12.8 Å². The number of hydrogen-bond acceptors (Lipinski definition) is 4. The van der Waals surface area contributed by atoms with Crippen LogP contribution in [-0.2, 0) is 17.5 Å². The van der Waals surface area contributed by atoms with Gasteiger partial charge in [0.15, 0.2) is 0 Å². The lowest BCUT2D eigenvalue weighted by Gasteiger charge is -2.39. The number of aromatic nitrogens is 2. The van der Waals surface area contributed by atoms with E-state index in [2.05, 4.69) is 10.4 Å². The van der Waals surface area contributed by atoms with Crippen LogP contribution in [0.1, 0.15) is 31.8 Å². The number of aryl methyl sites for hydroxylation is 1. The van der Waals surface area contributed by atoms with E-state index in [0.717, 1.165) is 28.6 Å². The van der Waals surface area contributed by atoms with Crippen molar-refractivity contribution in [3.8, 4) is 0 Å². The van der Waals surface area contributed by atoms with Crippen LogP contribution in [0.5, 0.6) is 0 Å². The van der Waals surface area contributed by atoms with Crippen LogP contribution < -0.4 is 5.32 Å². The van der Waals surface area contributed by atoms with Crippen molar-refractivity contribution in [2.24, 2.45) is 5.92 Å². The van der Waals surface area contributed by atoms with Crippen molar-refractivity contribution in [2.75, 3.05) is 33.4 Å². The third kappa shape index (κ3) is 5.43. The fraction of sp³-hybridized carbons (Fsp3) is 0.375. The summed E-state index contributed by atoms with van der Waals surface area (Å²) in [4.78, 5) is 26.6. The van der Waals surface area contributed by atoms with E-state index in [0.29, 0.717) is 38.3 Å². The standard InChI is InChI=1S/C24H24ClF3N4O3/c1-14-7-21-17(8-18(14)22(33)29-5-6-35-2)13-32(30-21)12-15-10-31(11-15)23(34)16-3-4-20(25)19(9-16)24(26,27)28/h3-4,7-9,13,15H,5-6,10-12H2,1-2H3,(H,29,33). The Hall–Kier alpha value is -3.11. The normalized spacial score (nSPS) is 14.3. The highest BCUT2D eigenvalue weighted by atomic mass is 35.5. The molecule has 0 saturated carbocycles. The van der Waals surface area contributed by atoms with Crippen molar-refractivity contribution in [1.29, 1.82) is 0 Å². The van der Waals surface area contributed by atoms with Crippen molar-refractivity contribution < 1.29 is 27.5 Å². The largest absolute Gasteiger partial charge is 0.417 e. The van der Waals surface area contributed by atoms with Crippen LogP contribution in [0.4, 0.5) is 13.2 Å². The number of halogens is 4. The molecule has 1 saturated heterocycles. The van der Waals surface area contributed by atoms with Gasteiger partial charge < -0.3 is 15.0 Å². The number of fused-ring (bicyclic) bond motifs is 1. The Bertz CT molecular complexity index is 1270. The van der Waals surface area contributed by atoms with E-state index in [4.69, 9.17) is 16.3 Å². The highest BCUT2D eigenvalue weighted by Gasteiger charge is 2.36. The number of carbonyl (C=O) groups excluding carboxylic acids is 2. The molecule has 2 amide bonds. The number of amides is 2. The lowest BCUT2D eigenvalue weighted by molar-refractivity contribution is -0.137. The number of carbonyl (C=O) groups is 2. The molecule has 2 aromatic carbocycles. The molecule has 0 bridgehead atoms. The SMILES string of the molecule is COCCNC(=O)c1cc2cn(CC3CN(C(=O)c4ccc(Cl)c(C(F)(F)F)c4)C3)nc2cc1C. The summed E-state index contributed by atoms with van der Waals surface area (Å²) < 4.78 is 46.0. The topological polar surface area (TPSA) is 76.5 Å². The number of ether oxygens (including phenoxy) is 1. The van der Waals surface area contributed by atoms with E-state index in [1.54, 1.807) is 17.9 Å². The molecule has 1 aromatic heterocycles. The predicted molar refractivity (Wildman–Crippen MR) is 125 cm³/mol. The maximum absolute atomic E-state index is 13.1. The summed E-state index contributed by atoms with van der Waals surface area (Å²) in [5.41, 5.74) is 1.06. The van der Waals surface area contributed by atoms with Gasteiger partial charge in [-0.25, -0.2) is 0 Å². The molecule has 35 heavy (non-hydrogen) atoms. The van der Waals surface area contributed by atoms with Gasteiger partial charge in [-0.15, -0.1) is 0 Å². The molecule has 0 spiro atoms. The van der Waals surface area contributed by atoms with Gasteiger partial charge in [-0.05, 0) is 42.8 Å². The van der Waals surface area contributed by atoms with E-state index >= 15 is 0 Å². The second-order valence-electron chi connectivity index (χ2n) is 8.59. The molecule has 3 aromatic rings. The summed E-state index contributed by atoms with van der Waals surface area (Å²) in [7, 11) is 1.57. The van der Waals surface area contributed by atoms with E-state index in [-0.39, 0.29) is 17.4 Å². The molecule has 186 valence electrons. The Morgan fingerprint density at radius 3 is 2.66 bits per heavy atom. The summed E-state index contributed by atoms with van der Waals surface area (Å²) in [5, 5.41) is 7.76. The maximum atomic E-state index is 13.1. The van der Waals surface area contributed by atoms with E-state index in [1.165, 1.54) is 11.0 Å². The highest BCUT2D eigenvalue weighted by molar-refractivity contribution is 6.31. The number of rotatable bonds is 7. The average molecular weight is 509 g/mol. The molecule has 4 rings (SSSR count). The molecule has 1 aliphatic rings.